The van der Waals surface area contributed by atoms with Crippen molar-refractivity contribution in [1.82, 2.24) is 0 Å². The van der Waals surface area contributed by atoms with Gasteiger partial charge < -0.3 is 19.6 Å². The maximum Gasteiger partial charge on any atom is 0.416 e. The highest BCUT2D eigenvalue weighted by atomic mass is 19.4. The largest absolute Gasteiger partial charge is 0.493 e. The van der Waals surface area contributed by atoms with Gasteiger partial charge in [0.05, 0.1) is 25.5 Å². The molecule has 1 N–H and O–H groups in total. The Bertz CT molecular complexity index is 912. The summed E-state index contributed by atoms with van der Waals surface area (Å²) in [5, 5.41) is 6.34. The van der Waals surface area contributed by atoms with Crippen molar-refractivity contribution in [2.75, 3.05) is 19.5 Å². The van der Waals surface area contributed by atoms with Crippen LogP contribution in [0.5, 0.6) is 11.5 Å². The Morgan fingerprint density at radius 3 is 2.57 bits per heavy atom. The summed E-state index contributed by atoms with van der Waals surface area (Å²) in [6, 6.07) is 9.54. The van der Waals surface area contributed by atoms with Gasteiger partial charge in [-0.2, -0.15) is 13.2 Å². The van der Waals surface area contributed by atoms with Crippen molar-refractivity contribution in [3.05, 3.63) is 53.6 Å². The van der Waals surface area contributed by atoms with Crippen LogP contribution in [0.3, 0.4) is 0 Å². The zero-order chi connectivity index (χ0) is 20.3. The Morgan fingerprint density at radius 2 is 1.89 bits per heavy atom. The van der Waals surface area contributed by atoms with E-state index >= 15 is 0 Å². The molecule has 1 amide bonds. The van der Waals surface area contributed by atoms with Crippen LogP contribution >= 0.6 is 0 Å². The highest BCUT2D eigenvalue weighted by Gasteiger charge is 2.32. The zero-order valence-electron chi connectivity index (χ0n) is 15.0. The predicted molar refractivity (Wildman–Crippen MR) is 95.6 cm³/mol. The third-order valence-electron chi connectivity index (χ3n) is 4.14. The van der Waals surface area contributed by atoms with E-state index in [0.29, 0.717) is 22.8 Å². The van der Waals surface area contributed by atoms with E-state index in [2.05, 4.69) is 10.5 Å². The molecule has 1 aliphatic rings. The summed E-state index contributed by atoms with van der Waals surface area (Å²) in [4.78, 5) is 17.5. The molecule has 28 heavy (non-hydrogen) atoms. The number of nitrogens with zero attached hydrogens (tertiary/aromatic N) is 1. The topological polar surface area (TPSA) is 69.2 Å². The fourth-order valence-corrected chi connectivity index (χ4v) is 2.70. The van der Waals surface area contributed by atoms with Crippen LogP contribution in [0.25, 0.3) is 0 Å². The lowest BCUT2D eigenvalue weighted by Gasteiger charge is -2.12. The number of alkyl halides is 3. The highest BCUT2D eigenvalue weighted by molar-refractivity contribution is 6.06. The van der Waals surface area contributed by atoms with Crippen LogP contribution in [-0.4, -0.2) is 31.9 Å². The number of hydrogen-bond donors (Lipinski definition) is 1. The molecule has 3 rings (SSSR count). The first-order valence-electron chi connectivity index (χ1n) is 8.25. The van der Waals surface area contributed by atoms with Gasteiger partial charge in [0.25, 0.3) is 5.91 Å². The van der Waals surface area contributed by atoms with Gasteiger partial charge in [0, 0.05) is 17.7 Å². The maximum absolute atomic E-state index is 12.8. The second-order valence-corrected chi connectivity index (χ2v) is 5.97. The number of carbonyl (C=O) groups is 1. The molecule has 148 valence electrons. The fraction of sp³-hybridized carbons (Fsp3) is 0.263. The van der Waals surface area contributed by atoms with Crippen molar-refractivity contribution in [3.63, 3.8) is 0 Å². The summed E-state index contributed by atoms with van der Waals surface area (Å²) in [5.41, 5.74) is 0.389. The first-order valence-corrected chi connectivity index (χ1v) is 8.25. The summed E-state index contributed by atoms with van der Waals surface area (Å²) >= 11 is 0. The van der Waals surface area contributed by atoms with E-state index in [1.54, 1.807) is 18.2 Å². The average molecular weight is 394 g/mol. The molecule has 0 saturated carbocycles. The molecule has 0 saturated heterocycles. The SMILES string of the molecule is COc1ccc(C2=NOC(C(=O)Nc3cccc(C(F)(F)F)c3)C2)cc1OC. The van der Waals surface area contributed by atoms with E-state index in [-0.39, 0.29) is 12.1 Å². The van der Waals surface area contributed by atoms with Crippen molar-refractivity contribution in [2.45, 2.75) is 18.7 Å². The number of rotatable bonds is 5. The number of ether oxygens (including phenoxy) is 2. The third-order valence-corrected chi connectivity index (χ3v) is 4.14. The molecule has 2 aromatic rings. The monoisotopic (exact) mass is 394 g/mol. The number of halogens is 3. The van der Waals surface area contributed by atoms with E-state index in [9.17, 15) is 18.0 Å². The molecule has 1 unspecified atom stereocenters. The van der Waals surface area contributed by atoms with Crippen molar-refractivity contribution in [3.8, 4) is 11.5 Å². The molecule has 1 atom stereocenters. The van der Waals surface area contributed by atoms with Gasteiger partial charge in [-0.25, -0.2) is 0 Å². The first-order chi connectivity index (χ1) is 13.3. The number of carbonyl (C=O) groups excluding carboxylic acids is 1. The quantitative estimate of drug-likeness (QED) is 0.836. The predicted octanol–water partition coefficient (Wildman–Crippen LogP) is 3.85. The molecule has 0 radical (unpaired) electrons. The second-order valence-electron chi connectivity index (χ2n) is 5.97. The number of amides is 1. The summed E-state index contributed by atoms with van der Waals surface area (Å²) < 4.78 is 48.8. The van der Waals surface area contributed by atoms with E-state index in [1.807, 2.05) is 0 Å². The number of oxime groups is 1. The average Bonchev–Trinajstić information content (AvgIpc) is 3.17. The van der Waals surface area contributed by atoms with Crippen molar-refractivity contribution >= 4 is 17.3 Å². The van der Waals surface area contributed by atoms with Gasteiger partial charge in [-0.1, -0.05) is 11.2 Å². The minimum absolute atomic E-state index is 0.0305. The molecule has 9 heteroatoms. The third kappa shape index (κ3) is 4.19. The zero-order valence-corrected chi connectivity index (χ0v) is 15.0. The number of anilines is 1. The summed E-state index contributed by atoms with van der Waals surface area (Å²) in [6.45, 7) is 0. The molecule has 0 aromatic heterocycles. The minimum atomic E-state index is -4.49. The smallest absolute Gasteiger partial charge is 0.416 e. The molecule has 2 aromatic carbocycles. The minimum Gasteiger partial charge on any atom is -0.493 e. The van der Waals surface area contributed by atoms with E-state index in [1.165, 1.54) is 26.4 Å². The molecule has 0 bridgehead atoms. The normalized spacial score (nSPS) is 16.2. The van der Waals surface area contributed by atoms with Gasteiger partial charge >= 0.3 is 6.18 Å². The summed E-state index contributed by atoms with van der Waals surface area (Å²) in [6.07, 6.45) is -5.27. The van der Waals surface area contributed by atoms with Crippen LogP contribution in [0.2, 0.25) is 0 Å². The van der Waals surface area contributed by atoms with Crippen molar-refractivity contribution in [1.29, 1.82) is 0 Å². The first kappa shape index (κ1) is 19.5. The lowest BCUT2D eigenvalue weighted by Crippen LogP contribution is -2.28. The van der Waals surface area contributed by atoms with Crippen LogP contribution < -0.4 is 14.8 Å². The van der Waals surface area contributed by atoms with E-state index < -0.39 is 23.8 Å². The molecule has 0 aliphatic carbocycles. The number of hydrogen-bond acceptors (Lipinski definition) is 5. The number of nitrogens with one attached hydrogen (secondary N) is 1. The summed E-state index contributed by atoms with van der Waals surface area (Å²) in [5.74, 6) is 0.461. The molecule has 0 fully saturated rings. The van der Waals surface area contributed by atoms with Gasteiger partial charge in [0.2, 0.25) is 6.10 Å². The van der Waals surface area contributed by atoms with Gasteiger partial charge in [0.1, 0.15) is 0 Å². The molecule has 1 heterocycles. The van der Waals surface area contributed by atoms with Gasteiger partial charge in [-0.15, -0.1) is 0 Å². The molecular weight excluding hydrogens is 377 g/mol. The second kappa shape index (κ2) is 7.79. The van der Waals surface area contributed by atoms with E-state index in [4.69, 9.17) is 14.3 Å². The Hall–Kier alpha value is -3.23. The maximum atomic E-state index is 12.8. The van der Waals surface area contributed by atoms with E-state index in [0.717, 1.165) is 12.1 Å². The van der Waals surface area contributed by atoms with Crippen LogP contribution in [0.1, 0.15) is 17.5 Å². The standard InChI is InChI=1S/C19H17F3N2O4/c1-26-15-7-6-11(8-16(15)27-2)14-10-17(28-24-14)18(25)23-13-5-3-4-12(9-13)19(20,21)22/h3-9,17H,10H2,1-2H3,(H,23,25). The summed E-state index contributed by atoms with van der Waals surface area (Å²) in [7, 11) is 3.02. The lowest BCUT2D eigenvalue weighted by atomic mass is 10.0. The lowest BCUT2D eigenvalue weighted by molar-refractivity contribution is -0.137. The molecule has 1 aliphatic heterocycles. The number of benzene rings is 2. The number of methoxy groups -OCH3 is 2. The van der Waals surface area contributed by atoms with Crippen molar-refractivity contribution < 1.29 is 32.3 Å². The van der Waals surface area contributed by atoms with Crippen LogP contribution in [0.15, 0.2) is 47.6 Å². The van der Waals surface area contributed by atoms with Crippen LogP contribution in [0, 0.1) is 0 Å². The Morgan fingerprint density at radius 1 is 1.14 bits per heavy atom. The Kier molecular flexibility index (Phi) is 5.43. The van der Waals surface area contributed by atoms with Crippen LogP contribution in [-0.2, 0) is 15.8 Å². The Balaban J connectivity index is 1.67. The molecule has 0 spiro atoms. The Labute approximate surface area is 158 Å². The molecule has 6 nitrogen and oxygen atoms in total. The van der Waals surface area contributed by atoms with Crippen LogP contribution in [0.4, 0.5) is 18.9 Å². The fourth-order valence-electron chi connectivity index (χ4n) is 2.70. The van der Waals surface area contributed by atoms with Gasteiger partial charge in [-0.05, 0) is 36.4 Å². The van der Waals surface area contributed by atoms with Crippen molar-refractivity contribution in [2.24, 2.45) is 5.16 Å². The van der Waals surface area contributed by atoms with Gasteiger partial charge in [-0.3, -0.25) is 4.79 Å². The highest BCUT2D eigenvalue weighted by Crippen LogP contribution is 2.31. The van der Waals surface area contributed by atoms with Gasteiger partial charge in [0.15, 0.2) is 11.5 Å². The molecular formula is C19H17F3N2O4.